The van der Waals surface area contributed by atoms with Crippen LogP contribution >= 0.6 is 0 Å². The van der Waals surface area contributed by atoms with E-state index in [0.29, 0.717) is 17.6 Å². The molecule has 0 fully saturated rings. The van der Waals surface area contributed by atoms with Crippen molar-refractivity contribution in [3.8, 4) is 28.7 Å². The van der Waals surface area contributed by atoms with Crippen LogP contribution in [0, 0.1) is 0 Å². The summed E-state index contributed by atoms with van der Waals surface area (Å²) in [6.07, 6.45) is 0. The first-order valence-corrected chi connectivity index (χ1v) is 14.0. The van der Waals surface area contributed by atoms with Gasteiger partial charge in [-0.25, -0.2) is 4.98 Å². The highest BCUT2D eigenvalue weighted by Gasteiger charge is 2.20. The van der Waals surface area contributed by atoms with E-state index >= 15 is 0 Å². The molecule has 42 heavy (non-hydrogen) atoms. The van der Waals surface area contributed by atoms with Crippen LogP contribution in [0.15, 0.2) is 138 Å². The molecule has 0 bridgehead atoms. The third-order valence-electron chi connectivity index (χ3n) is 8.06. The smallest absolute Gasteiger partial charge is 0.238 e. The molecule has 3 heterocycles. The Bertz CT molecular complexity index is 2430. The van der Waals surface area contributed by atoms with Gasteiger partial charge in [0, 0.05) is 27.1 Å². The Morgan fingerprint density at radius 2 is 1.12 bits per heavy atom. The number of para-hydroxylation sites is 4. The Hall–Kier alpha value is -5.81. The van der Waals surface area contributed by atoms with E-state index in [1.807, 2.05) is 30.3 Å². The lowest BCUT2D eigenvalue weighted by molar-refractivity contribution is 0.669. The third-order valence-corrected chi connectivity index (χ3v) is 8.06. The Morgan fingerprint density at radius 3 is 1.93 bits per heavy atom. The first-order valence-electron chi connectivity index (χ1n) is 14.0. The number of hydrogen-bond donors (Lipinski definition) is 0. The van der Waals surface area contributed by atoms with Crippen molar-refractivity contribution < 1.29 is 4.42 Å². The van der Waals surface area contributed by atoms with E-state index in [-0.39, 0.29) is 0 Å². The molecule has 0 saturated heterocycles. The molecule has 9 rings (SSSR count). The third kappa shape index (κ3) is 3.40. The van der Waals surface area contributed by atoms with Crippen LogP contribution in [0.1, 0.15) is 0 Å². The molecule has 0 aliphatic heterocycles. The molecule has 0 spiro atoms. The van der Waals surface area contributed by atoms with Gasteiger partial charge in [0.2, 0.25) is 5.95 Å². The molecule has 196 valence electrons. The van der Waals surface area contributed by atoms with Gasteiger partial charge >= 0.3 is 0 Å². The van der Waals surface area contributed by atoms with Crippen LogP contribution in [0.25, 0.3) is 83.2 Å². The fourth-order valence-electron chi connectivity index (χ4n) is 6.10. The second-order valence-electron chi connectivity index (χ2n) is 10.5. The highest BCUT2D eigenvalue weighted by atomic mass is 16.3. The number of benzene rings is 6. The molecule has 5 nitrogen and oxygen atoms in total. The molecule has 5 heteroatoms. The quantitative estimate of drug-likeness (QED) is 0.225. The maximum Gasteiger partial charge on any atom is 0.238 e. The van der Waals surface area contributed by atoms with Crippen LogP contribution in [0.3, 0.4) is 0 Å². The van der Waals surface area contributed by atoms with Crippen molar-refractivity contribution in [2.24, 2.45) is 0 Å². The maximum atomic E-state index is 6.41. The highest BCUT2D eigenvalue weighted by Crippen LogP contribution is 2.36. The van der Waals surface area contributed by atoms with Gasteiger partial charge in [-0.15, -0.1) is 0 Å². The zero-order valence-corrected chi connectivity index (χ0v) is 22.4. The fraction of sp³-hybridized carbons (Fsp3) is 0. The molecular formula is C37H22N4O. The van der Waals surface area contributed by atoms with E-state index in [9.17, 15) is 0 Å². The van der Waals surface area contributed by atoms with Crippen molar-refractivity contribution in [1.29, 1.82) is 0 Å². The van der Waals surface area contributed by atoms with E-state index < -0.39 is 0 Å². The molecule has 0 aliphatic rings. The second kappa shape index (κ2) is 8.85. The summed E-state index contributed by atoms with van der Waals surface area (Å²) >= 11 is 0. The molecule has 0 saturated carbocycles. The number of rotatable bonds is 3. The van der Waals surface area contributed by atoms with E-state index in [1.54, 1.807) is 0 Å². The molecule has 0 aliphatic carbocycles. The number of nitrogens with zero attached hydrogens (tertiary/aromatic N) is 4. The van der Waals surface area contributed by atoms with E-state index in [1.165, 1.54) is 5.39 Å². The SMILES string of the molecule is c1ccc2cc(-c3nc(-c4cccc5c4oc4ccccc45)nc(-n4c5ccccc5c5ccccc54)n3)ccc2c1. The van der Waals surface area contributed by atoms with Crippen molar-refractivity contribution >= 4 is 54.5 Å². The standard InChI is InChI=1S/C37H22N4O/c1-2-11-24-22-25(21-20-23(24)10-1)35-38-36(30-16-9-15-29-28-14-5-8-19-33(28)42-34(29)30)40-37(39-35)41-31-17-6-3-12-26(31)27-13-4-7-18-32(27)41/h1-22H. The largest absolute Gasteiger partial charge is 0.455 e. The second-order valence-corrected chi connectivity index (χ2v) is 10.5. The van der Waals surface area contributed by atoms with Crippen molar-refractivity contribution in [3.05, 3.63) is 133 Å². The van der Waals surface area contributed by atoms with Crippen LogP contribution in [-0.4, -0.2) is 19.5 Å². The molecule has 3 aromatic heterocycles. The molecule has 0 atom stereocenters. The molecule has 0 radical (unpaired) electrons. The lowest BCUT2D eigenvalue weighted by Crippen LogP contribution is -2.06. The van der Waals surface area contributed by atoms with Gasteiger partial charge in [0.05, 0.1) is 16.6 Å². The zero-order chi connectivity index (χ0) is 27.6. The summed E-state index contributed by atoms with van der Waals surface area (Å²) in [5.41, 5.74) is 5.45. The summed E-state index contributed by atoms with van der Waals surface area (Å²) in [5, 5.41) is 6.72. The number of aromatic nitrogens is 4. The topological polar surface area (TPSA) is 56.7 Å². The van der Waals surface area contributed by atoms with Crippen LogP contribution in [0.5, 0.6) is 0 Å². The summed E-state index contributed by atoms with van der Waals surface area (Å²) in [4.78, 5) is 15.3. The van der Waals surface area contributed by atoms with Crippen molar-refractivity contribution in [2.45, 2.75) is 0 Å². The Kier molecular flexibility index (Phi) is 4.83. The summed E-state index contributed by atoms with van der Waals surface area (Å²) in [5.74, 6) is 1.74. The zero-order valence-electron chi connectivity index (χ0n) is 22.4. The minimum absolute atomic E-state index is 0.564. The normalized spacial score (nSPS) is 11.8. The lowest BCUT2D eigenvalue weighted by atomic mass is 10.1. The molecule has 0 unspecified atom stereocenters. The molecule has 0 N–H and O–H groups in total. The van der Waals surface area contributed by atoms with Crippen molar-refractivity contribution in [1.82, 2.24) is 19.5 Å². The van der Waals surface area contributed by atoms with Gasteiger partial charge < -0.3 is 4.42 Å². The van der Waals surface area contributed by atoms with Gasteiger partial charge in [-0.2, -0.15) is 9.97 Å². The minimum Gasteiger partial charge on any atom is -0.455 e. The molecule has 6 aromatic carbocycles. The molecular weight excluding hydrogens is 516 g/mol. The van der Waals surface area contributed by atoms with Crippen LogP contribution < -0.4 is 0 Å². The Labute approximate surface area is 240 Å². The lowest BCUT2D eigenvalue weighted by Gasteiger charge is -2.11. The van der Waals surface area contributed by atoms with E-state index in [2.05, 4.69) is 108 Å². The molecule has 0 amide bonds. The van der Waals surface area contributed by atoms with Gasteiger partial charge in [-0.1, -0.05) is 103 Å². The van der Waals surface area contributed by atoms with Crippen LogP contribution in [0.2, 0.25) is 0 Å². The van der Waals surface area contributed by atoms with Crippen LogP contribution in [0.4, 0.5) is 0 Å². The monoisotopic (exact) mass is 538 g/mol. The van der Waals surface area contributed by atoms with Gasteiger partial charge in [0.15, 0.2) is 11.6 Å². The van der Waals surface area contributed by atoms with Gasteiger partial charge in [-0.05, 0) is 41.1 Å². The minimum atomic E-state index is 0.564. The summed E-state index contributed by atoms with van der Waals surface area (Å²) in [7, 11) is 0. The van der Waals surface area contributed by atoms with Crippen LogP contribution in [-0.2, 0) is 0 Å². The van der Waals surface area contributed by atoms with Gasteiger partial charge in [0.25, 0.3) is 0 Å². The van der Waals surface area contributed by atoms with Crippen molar-refractivity contribution in [3.63, 3.8) is 0 Å². The first-order chi connectivity index (χ1) is 20.8. The fourth-order valence-corrected chi connectivity index (χ4v) is 6.10. The average Bonchev–Trinajstić information content (AvgIpc) is 3.60. The Morgan fingerprint density at radius 1 is 0.476 bits per heavy atom. The van der Waals surface area contributed by atoms with E-state index in [0.717, 1.165) is 60.3 Å². The first kappa shape index (κ1) is 22.9. The van der Waals surface area contributed by atoms with Gasteiger partial charge in [0.1, 0.15) is 11.2 Å². The van der Waals surface area contributed by atoms with E-state index in [4.69, 9.17) is 19.4 Å². The summed E-state index contributed by atoms with van der Waals surface area (Å²) in [6, 6.07) is 45.7. The van der Waals surface area contributed by atoms with Gasteiger partial charge in [-0.3, -0.25) is 4.57 Å². The summed E-state index contributed by atoms with van der Waals surface area (Å²) in [6.45, 7) is 0. The predicted molar refractivity (Wildman–Crippen MR) is 170 cm³/mol. The molecule has 9 aromatic rings. The van der Waals surface area contributed by atoms with Crippen molar-refractivity contribution in [2.75, 3.05) is 0 Å². The summed E-state index contributed by atoms with van der Waals surface area (Å²) < 4.78 is 8.54. The maximum absolute atomic E-state index is 6.41. The Balaban J connectivity index is 1.37. The average molecular weight is 539 g/mol. The number of furan rings is 1. The predicted octanol–water partition coefficient (Wildman–Crippen LogP) is 9.36. The number of hydrogen-bond acceptors (Lipinski definition) is 4. The number of fused-ring (bicyclic) bond motifs is 7. The highest BCUT2D eigenvalue weighted by molar-refractivity contribution is 6.10.